The normalized spacial score (nSPS) is 11.9. The van der Waals surface area contributed by atoms with Crippen molar-refractivity contribution in [2.24, 2.45) is 0 Å². The van der Waals surface area contributed by atoms with Crippen LogP contribution in [0.5, 0.6) is 0 Å². The van der Waals surface area contributed by atoms with E-state index in [1.807, 2.05) is 0 Å². The van der Waals surface area contributed by atoms with E-state index < -0.39 is 20.0 Å². The van der Waals surface area contributed by atoms with Gasteiger partial charge in [0, 0.05) is 29.3 Å². The van der Waals surface area contributed by atoms with Crippen molar-refractivity contribution in [3.8, 4) is 0 Å². The van der Waals surface area contributed by atoms with Gasteiger partial charge in [0.2, 0.25) is 0 Å². The maximum Gasteiger partial charge on any atom is 0.263 e. The molecule has 14 heteroatoms. The second-order valence-corrected chi connectivity index (χ2v) is 14.3. The summed E-state index contributed by atoms with van der Waals surface area (Å²) in [5.74, 6) is 0. The SMILES string of the molecule is O=S(=O)(Nc1ccc(NS(=O)(=O)c2ccc(Br)c(Br)c2Br)cc1)c1ccc(Br)c(Br)c1Br. The molecule has 3 aromatic carbocycles. The first-order valence-corrected chi connectivity index (χ1v) is 16.0. The van der Waals surface area contributed by atoms with Crippen molar-refractivity contribution in [1.82, 2.24) is 0 Å². The molecule has 0 saturated carbocycles. The van der Waals surface area contributed by atoms with E-state index in [0.717, 1.165) is 0 Å². The van der Waals surface area contributed by atoms with Crippen LogP contribution >= 0.6 is 95.6 Å². The molecule has 0 aliphatic rings. The van der Waals surface area contributed by atoms with Gasteiger partial charge in [0.25, 0.3) is 20.0 Å². The van der Waals surface area contributed by atoms with E-state index in [1.54, 1.807) is 12.1 Å². The minimum atomic E-state index is -3.89. The van der Waals surface area contributed by atoms with E-state index in [4.69, 9.17) is 0 Å². The van der Waals surface area contributed by atoms with Crippen molar-refractivity contribution < 1.29 is 16.8 Å². The summed E-state index contributed by atoms with van der Waals surface area (Å²) in [7, 11) is -7.78. The average molecular weight is 862 g/mol. The molecule has 0 radical (unpaired) electrons. The lowest BCUT2D eigenvalue weighted by Gasteiger charge is -2.13. The molecule has 6 nitrogen and oxygen atoms in total. The average Bonchev–Trinajstić information content (AvgIpc) is 2.71. The molecular formula is C18H10Br6N2O4S2. The number of nitrogens with one attached hydrogen (secondary N) is 2. The summed E-state index contributed by atoms with van der Waals surface area (Å²) in [6.45, 7) is 0. The monoisotopic (exact) mass is 856 g/mol. The van der Waals surface area contributed by atoms with Gasteiger partial charge in [0.15, 0.2) is 0 Å². The molecule has 0 amide bonds. The first-order chi connectivity index (χ1) is 14.8. The summed E-state index contributed by atoms with van der Waals surface area (Å²) < 4.78 is 59.3. The molecule has 0 spiro atoms. The number of benzene rings is 3. The van der Waals surface area contributed by atoms with Gasteiger partial charge >= 0.3 is 0 Å². The van der Waals surface area contributed by atoms with Crippen LogP contribution in [0.2, 0.25) is 0 Å². The molecule has 0 unspecified atom stereocenters. The van der Waals surface area contributed by atoms with Gasteiger partial charge < -0.3 is 0 Å². The van der Waals surface area contributed by atoms with Crippen LogP contribution in [0.3, 0.4) is 0 Å². The highest BCUT2D eigenvalue weighted by molar-refractivity contribution is 9.15. The Balaban J connectivity index is 1.83. The highest BCUT2D eigenvalue weighted by Gasteiger charge is 2.22. The van der Waals surface area contributed by atoms with Crippen molar-refractivity contribution >= 4 is 127 Å². The van der Waals surface area contributed by atoms with Crippen LogP contribution in [0.1, 0.15) is 0 Å². The molecule has 0 aliphatic carbocycles. The number of sulfonamides is 2. The van der Waals surface area contributed by atoms with Crippen LogP contribution in [-0.2, 0) is 20.0 Å². The Morgan fingerprint density at radius 1 is 0.469 bits per heavy atom. The van der Waals surface area contributed by atoms with E-state index in [-0.39, 0.29) is 21.2 Å². The fourth-order valence-corrected chi connectivity index (χ4v) is 8.86. The summed E-state index contributed by atoms with van der Waals surface area (Å²) in [5, 5.41) is 0. The van der Waals surface area contributed by atoms with E-state index in [1.165, 1.54) is 36.4 Å². The third-order valence-electron chi connectivity index (χ3n) is 3.97. The molecule has 0 saturated heterocycles. The molecule has 0 fully saturated rings. The highest BCUT2D eigenvalue weighted by Crippen LogP contribution is 2.37. The van der Waals surface area contributed by atoms with Gasteiger partial charge in [-0.2, -0.15) is 0 Å². The minimum Gasteiger partial charge on any atom is -0.280 e. The predicted molar refractivity (Wildman–Crippen MR) is 147 cm³/mol. The molecule has 170 valence electrons. The summed E-state index contributed by atoms with van der Waals surface area (Å²) in [5.41, 5.74) is 0.540. The number of halogens is 6. The number of hydrogen-bond acceptors (Lipinski definition) is 4. The standard InChI is InChI=1S/C18H10Br6N2O4S2/c19-11-5-7-13(17(23)15(11)21)31(27,28)25-9-1-2-10(4-3-9)26-32(29,30)14-8-6-12(20)16(22)18(14)24/h1-8,25-26H. The smallest absolute Gasteiger partial charge is 0.263 e. The Labute approximate surface area is 235 Å². The fraction of sp³-hybridized carbons (Fsp3) is 0. The summed E-state index contributed by atoms with van der Waals surface area (Å²) >= 11 is 19.8. The van der Waals surface area contributed by atoms with Gasteiger partial charge in [-0.25, -0.2) is 16.8 Å². The quantitative estimate of drug-likeness (QED) is 0.247. The fourth-order valence-electron chi connectivity index (χ4n) is 2.46. The zero-order valence-corrected chi connectivity index (χ0v) is 26.5. The van der Waals surface area contributed by atoms with Crippen molar-refractivity contribution in [2.45, 2.75) is 9.79 Å². The first kappa shape index (κ1) is 26.6. The van der Waals surface area contributed by atoms with Crippen molar-refractivity contribution in [3.05, 3.63) is 75.4 Å². The van der Waals surface area contributed by atoms with Crippen LogP contribution in [0, 0.1) is 0 Å². The number of hydrogen-bond donors (Lipinski definition) is 2. The third-order valence-corrected chi connectivity index (χ3v) is 14.1. The van der Waals surface area contributed by atoms with Crippen molar-refractivity contribution in [2.75, 3.05) is 9.44 Å². The van der Waals surface area contributed by atoms with Crippen LogP contribution in [0.15, 0.2) is 85.2 Å². The number of rotatable bonds is 6. The second kappa shape index (κ2) is 10.3. The van der Waals surface area contributed by atoms with Crippen molar-refractivity contribution in [1.29, 1.82) is 0 Å². The van der Waals surface area contributed by atoms with E-state index in [2.05, 4.69) is 105 Å². The van der Waals surface area contributed by atoms with Crippen LogP contribution in [0.4, 0.5) is 11.4 Å². The highest BCUT2D eigenvalue weighted by atomic mass is 79.9. The topological polar surface area (TPSA) is 92.3 Å². The van der Waals surface area contributed by atoms with Gasteiger partial charge in [-0.15, -0.1) is 0 Å². The molecule has 2 N–H and O–H groups in total. The van der Waals surface area contributed by atoms with Crippen LogP contribution in [0.25, 0.3) is 0 Å². The van der Waals surface area contributed by atoms with E-state index in [0.29, 0.717) is 26.8 Å². The Hall–Kier alpha value is 0.0400. The van der Waals surface area contributed by atoms with Gasteiger partial charge in [0.05, 0.1) is 8.95 Å². The third kappa shape index (κ3) is 5.81. The predicted octanol–water partition coefficient (Wildman–Crippen LogP) is 7.86. The molecule has 0 atom stereocenters. The Kier molecular flexibility index (Phi) is 8.61. The lowest BCUT2D eigenvalue weighted by Crippen LogP contribution is -2.15. The van der Waals surface area contributed by atoms with Gasteiger partial charge in [-0.1, -0.05) is 0 Å². The molecule has 3 aromatic rings. The maximum absolute atomic E-state index is 12.8. The molecule has 32 heavy (non-hydrogen) atoms. The van der Waals surface area contributed by atoms with Gasteiger partial charge in [-0.3, -0.25) is 9.44 Å². The lowest BCUT2D eigenvalue weighted by molar-refractivity contribution is 0.599. The minimum absolute atomic E-state index is 0.0445. The molecule has 0 bridgehead atoms. The molecular weight excluding hydrogens is 852 g/mol. The summed E-state index contributed by atoms with van der Waals surface area (Å²) in [6.07, 6.45) is 0. The maximum atomic E-state index is 12.8. The second-order valence-electron chi connectivity index (χ2n) is 6.14. The molecule has 0 heterocycles. The molecule has 0 aromatic heterocycles. The van der Waals surface area contributed by atoms with E-state index in [9.17, 15) is 16.8 Å². The summed E-state index contributed by atoms with van der Waals surface area (Å²) in [6, 6.07) is 12.0. The largest absolute Gasteiger partial charge is 0.280 e. The zero-order valence-electron chi connectivity index (χ0n) is 15.3. The van der Waals surface area contributed by atoms with Crippen LogP contribution < -0.4 is 9.44 Å². The molecule has 0 aliphatic heterocycles. The van der Waals surface area contributed by atoms with Crippen molar-refractivity contribution in [3.63, 3.8) is 0 Å². The first-order valence-electron chi connectivity index (χ1n) is 8.26. The Bertz CT molecular complexity index is 1300. The Morgan fingerprint density at radius 2 is 0.781 bits per heavy atom. The molecule has 3 rings (SSSR count). The Morgan fingerprint density at radius 3 is 1.09 bits per heavy atom. The lowest BCUT2D eigenvalue weighted by atomic mass is 10.3. The summed E-state index contributed by atoms with van der Waals surface area (Å²) in [4.78, 5) is 0.0889. The zero-order chi connectivity index (χ0) is 23.8. The van der Waals surface area contributed by atoms with Crippen LogP contribution in [-0.4, -0.2) is 16.8 Å². The number of anilines is 2. The van der Waals surface area contributed by atoms with Gasteiger partial charge in [0.1, 0.15) is 9.79 Å². The van der Waals surface area contributed by atoms with Gasteiger partial charge in [-0.05, 0) is 144 Å². The van der Waals surface area contributed by atoms with E-state index >= 15 is 0 Å².